The number of carbonyl (C=O) groups is 3. The highest BCUT2D eigenvalue weighted by Gasteiger charge is 2.58. The summed E-state index contributed by atoms with van der Waals surface area (Å²) < 4.78 is 12.9. The zero-order chi connectivity index (χ0) is 32.4. The molecule has 1 aliphatic rings. The normalized spacial score (nSPS) is 18.0. The fraction of sp³-hybridized carbons (Fsp3) is 0.571. The molecule has 8 nitrogen and oxygen atoms in total. The first-order chi connectivity index (χ1) is 20.9. The van der Waals surface area contributed by atoms with Gasteiger partial charge in [0.2, 0.25) is 11.8 Å². The molecule has 0 unspecified atom stereocenters. The lowest BCUT2D eigenvalue weighted by Crippen LogP contribution is -2.67. The zero-order valence-corrected chi connectivity index (χ0v) is 28.4. The number of ketones is 1. The number of aliphatic hydroxyl groups is 1. The smallest absolute Gasteiger partial charge is 0.261 e. The van der Waals surface area contributed by atoms with Crippen LogP contribution in [0.2, 0.25) is 5.04 Å². The fourth-order valence-electron chi connectivity index (χ4n) is 5.84. The second-order valence-electron chi connectivity index (χ2n) is 13.4. The van der Waals surface area contributed by atoms with E-state index >= 15 is 0 Å². The van der Waals surface area contributed by atoms with E-state index in [0.717, 1.165) is 36.1 Å². The Labute approximate surface area is 264 Å². The van der Waals surface area contributed by atoms with Gasteiger partial charge in [-0.25, -0.2) is 0 Å². The van der Waals surface area contributed by atoms with Crippen molar-refractivity contribution in [3.05, 3.63) is 60.7 Å². The van der Waals surface area contributed by atoms with Gasteiger partial charge in [0.25, 0.3) is 8.32 Å². The molecule has 1 fully saturated rings. The van der Waals surface area contributed by atoms with Crippen LogP contribution in [0.4, 0.5) is 0 Å². The van der Waals surface area contributed by atoms with Gasteiger partial charge in [-0.2, -0.15) is 0 Å². The van der Waals surface area contributed by atoms with Crippen molar-refractivity contribution in [2.45, 2.75) is 103 Å². The van der Waals surface area contributed by atoms with Crippen molar-refractivity contribution < 1.29 is 28.7 Å². The minimum Gasteiger partial charge on any atom is -0.404 e. The van der Waals surface area contributed by atoms with E-state index in [2.05, 4.69) is 62.6 Å². The van der Waals surface area contributed by atoms with Crippen molar-refractivity contribution in [3.8, 4) is 0 Å². The molecule has 9 heteroatoms. The first-order valence-electron chi connectivity index (χ1n) is 16.0. The minimum atomic E-state index is -2.92. The average molecular weight is 625 g/mol. The van der Waals surface area contributed by atoms with E-state index < -0.39 is 38.5 Å². The molecule has 3 N–H and O–H groups in total. The molecule has 2 aromatic rings. The second kappa shape index (κ2) is 15.9. The monoisotopic (exact) mass is 624 g/mol. The number of amides is 2. The summed E-state index contributed by atoms with van der Waals surface area (Å²) in [7, 11) is -2.92. The largest absolute Gasteiger partial charge is 0.404 e. The van der Waals surface area contributed by atoms with Crippen LogP contribution in [0.25, 0.3) is 0 Å². The van der Waals surface area contributed by atoms with Crippen LogP contribution in [0.3, 0.4) is 0 Å². The molecule has 44 heavy (non-hydrogen) atoms. The molecule has 0 saturated carbocycles. The van der Waals surface area contributed by atoms with Gasteiger partial charge < -0.3 is 24.9 Å². The Hall–Kier alpha value is -2.85. The van der Waals surface area contributed by atoms with E-state index in [4.69, 9.17) is 9.16 Å². The summed E-state index contributed by atoms with van der Waals surface area (Å²) >= 11 is 0. The lowest BCUT2D eigenvalue weighted by atomic mass is 9.92. The fourth-order valence-corrected chi connectivity index (χ4v) is 10.4. The lowest BCUT2D eigenvalue weighted by molar-refractivity contribution is -0.134. The minimum absolute atomic E-state index is 0.0570. The van der Waals surface area contributed by atoms with Crippen LogP contribution in [0.1, 0.15) is 80.1 Å². The van der Waals surface area contributed by atoms with Crippen molar-refractivity contribution in [3.63, 3.8) is 0 Å². The third-order valence-electron chi connectivity index (χ3n) is 8.31. The summed E-state index contributed by atoms with van der Waals surface area (Å²) in [5.74, 6) is -1.03. The number of ether oxygens (including phenoxy) is 1. The highest BCUT2D eigenvalue weighted by Crippen LogP contribution is 2.39. The van der Waals surface area contributed by atoms with E-state index in [1.807, 2.05) is 50.2 Å². The van der Waals surface area contributed by atoms with E-state index in [1.165, 1.54) is 0 Å². The number of hydrogen-bond donors (Lipinski definition) is 3. The predicted molar refractivity (Wildman–Crippen MR) is 176 cm³/mol. The molecule has 0 spiro atoms. The number of nitrogens with one attached hydrogen (secondary N) is 2. The number of hydrogen-bond acceptors (Lipinski definition) is 6. The van der Waals surface area contributed by atoms with Gasteiger partial charge in [-0.05, 0) is 34.2 Å². The highest BCUT2D eigenvalue weighted by molar-refractivity contribution is 6.99. The van der Waals surface area contributed by atoms with Gasteiger partial charge in [0.05, 0.1) is 25.9 Å². The van der Waals surface area contributed by atoms with Gasteiger partial charge in [-0.3, -0.25) is 14.4 Å². The Bertz CT molecular complexity index is 1170. The van der Waals surface area contributed by atoms with Gasteiger partial charge in [0.1, 0.15) is 6.04 Å². The zero-order valence-electron chi connectivity index (χ0n) is 27.4. The molecule has 3 rings (SSSR count). The maximum absolute atomic E-state index is 14.1. The van der Waals surface area contributed by atoms with E-state index in [1.54, 1.807) is 0 Å². The lowest BCUT2D eigenvalue weighted by Gasteiger charge is -2.43. The van der Waals surface area contributed by atoms with Gasteiger partial charge in [0.15, 0.2) is 11.4 Å². The summed E-state index contributed by atoms with van der Waals surface area (Å²) in [6.45, 7) is 12.3. The van der Waals surface area contributed by atoms with Crippen molar-refractivity contribution in [1.82, 2.24) is 10.6 Å². The number of carbonyl (C=O) groups excluding carboxylic acids is 3. The Morgan fingerprint density at radius 2 is 1.50 bits per heavy atom. The van der Waals surface area contributed by atoms with Crippen LogP contribution in [-0.2, 0) is 23.5 Å². The summed E-state index contributed by atoms with van der Waals surface area (Å²) in [4.78, 5) is 39.8. The summed E-state index contributed by atoms with van der Waals surface area (Å²) in [5.41, 5.74) is -1.18. The first-order valence-corrected chi connectivity index (χ1v) is 17.9. The predicted octanol–water partition coefficient (Wildman–Crippen LogP) is 3.88. The van der Waals surface area contributed by atoms with Crippen LogP contribution in [0.15, 0.2) is 60.7 Å². The van der Waals surface area contributed by atoms with E-state index in [-0.39, 0.29) is 42.3 Å². The molecule has 0 aliphatic carbocycles. The molecule has 1 saturated heterocycles. The standard InChI is InChI=1S/C35H52N2O6Si/c1-7-8-9-16-21-31(39)36-30(23-38)33(41)37-29(22-26(2)3)32(40)35(24-42-35)25-43-44(34(4,5)6,27-17-12-10-13-18-27)28-19-14-11-15-20-28/h10-15,17-20,26,29-30,38H,7-9,16,21-25H2,1-6H3,(H,36,39)(H,37,41)/t29-,30-,35-/m0/s1. The van der Waals surface area contributed by atoms with Gasteiger partial charge in [-0.1, -0.05) is 121 Å². The number of rotatable bonds is 18. The number of benzene rings is 2. The molecule has 1 aliphatic heterocycles. The first kappa shape index (κ1) is 35.6. The molecule has 3 atom stereocenters. The second-order valence-corrected chi connectivity index (χ2v) is 17.7. The Morgan fingerprint density at radius 1 is 0.932 bits per heavy atom. The van der Waals surface area contributed by atoms with Gasteiger partial charge in [-0.15, -0.1) is 0 Å². The van der Waals surface area contributed by atoms with Crippen LogP contribution in [0, 0.1) is 5.92 Å². The maximum Gasteiger partial charge on any atom is 0.261 e. The quantitative estimate of drug-likeness (QED) is 0.132. The SMILES string of the molecule is CCCCCCC(=O)N[C@@H](CO)C(=O)N[C@@H](CC(C)C)C(=O)[C@@]1(CO[Si](c2ccccc2)(c2ccccc2)C(C)(C)C)CO1. The third kappa shape index (κ3) is 8.87. The summed E-state index contributed by atoms with van der Waals surface area (Å²) in [5, 5.41) is 17.3. The highest BCUT2D eigenvalue weighted by atomic mass is 28.4. The average Bonchev–Trinajstić information content (AvgIpc) is 3.79. The number of epoxide rings is 1. The Morgan fingerprint density at radius 3 is 1.95 bits per heavy atom. The number of Topliss-reactive ketones (excluding diaryl/α,β-unsaturated/α-hetero) is 1. The number of unbranched alkanes of at least 4 members (excludes halogenated alkanes) is 3. The van der Waals surface area contributed by atoms with Crippen LogP contribution in [-0.4, -0.2) is 68.5 Å². The van der Waals surface area contributed by atoms with Gasteiger partial charge in [0, 0.05) is 6.42 Å². The molecule has 0 bridgehead atoms. The summed E-state index contributed by atoms with van der Waals surface area (Å²) in [6.07, 6.45) is 4.43. The third-order valence-corrected chi connectivity index (χ3v) is 13.3. The molecule has 0 radical (unpaired) electrons. The summed E-state index contributed by atoms with van der Waals surface area (Å²) in [6, 6.07) is 18.4. The molecular formula is C35H52N2O6Si. The molecule has 2 aromatic carbocycles. The van der Waals surface area contributed by atoms with Crippen LogP contribution in [0.5, 0.6) is 0 Å². The van der Waals surface area contributed by atoms with E-state index in [9.17, 15) is 19.5 Å². The van der Waals surface area contributed by atoms with Crippen molar-refractivity contribution >= 4 is 36.3 Å². The molecule has 1 heterocycles. The molecule has 2 amide bonds. The molecule has 0 aromatic heterocycles. The Balaban J connectivity index is 1.82. The topological polar surface area (TPSA) is 117 Å². The molecular weight excluding hydrogens is 572 g/mol. The molecule has 242 valence electrons. The number of aliphatic hydroxyl groups excluding tert-OH is 1. The van der Waals surface area contributed by atoms with Gasteiger partial charge >= 0.3 is 0 Å². The Kier molecular flexibility index (Phi) is 12.9. The van der Waals surface area contributed by atoms with Crippen LogP contribution < -0.4 is 21.0 Å². The maximum atomic E-state index is 14.1. The van der Waals surface area contributed by atoms with Crippen LogP contribution >= 0.6 is 0 Å². The van der Waals surface area contributed by atoms with E-state index in [0.29, 0.717) is 6.42 Å². The van der Waals surface area contributed by atoms with Crippen molar-refractivity contribution in [2.24, 2.45) is 5.92 Å². The van der Waals surface area contributed by atoms with Crippen molar-refractivity contribution in [1.29, 1.82) is 0 Å². The van der Waals surface area contributed by atoms with Crippen molar-refractivity contribution in [2.75, 3.05) is 19.8 Å².